The second kappa shape index (κ2) is 35.1. The molecule has 0 aromatic rings. The zero-order valence-corrected chi connectivity index (χ0v) is 28.7. The van der Waals surface area contributed by atoms with Crippen LogP contribution in [0.15, 0.2) is 12.2 Å². The predicted octanol–water partition coefficient (Wildman–Crippen LogP) is 11.3. The largest absolute Gasteiger partial charge is 0.462 e. The van der Waals surface area contributed by atoms with E-state index in [1.165, 1.54) is 135 Å². The molecule has 0 unspecified atom stereocenters. The zero-order chi connectivity index (χ0) is 31.5. The summed E-state index contributed by atoms with van der Waals surface area (Å²) in [7, 11) is 0. The number of carbonyl (C=O) groups excluding carboxylic acids is 2. The number of unbranched alkanes of at least 4 members (excludes halogenated alkanes) is 24. The highest BCUT2D eigenvalue weighted by Crippen LogP contribution is 2.14. The first-order valence-electron chi connectivity index (χ1n) is 18.7. The van der Waals surface area contributed by atoms with Crippen molar-refractivity contribution < 1.29 is 24.2 Å². The molecule has 0 aromatic heterocycles. The van der Waals surface area contributed by atoms with Gasteiger partial charge in [0.1, 0.15) is 6.61 Å². The Balaban J connectivity index is 3.54. The van der Waals surface area contributed by atoms with Crippen LogP contribution in [0, 0.1) is 0 Å². The summed E-state index contributed by atoms with van der Waals surface area (Å²) in [5, 5.41) is 9.52. The van der Waals surface area contributed by atoms with Gasteiger partial charge in [-0.3, -0.25) is 9.59 Å². The molecule has 0 rings (SSSR count). The van der Waals surface area contributed by atoms with E-state index in [4.69, 9.17) is 9.47 Å². The van der Waals surface area contributed by atoms with Gasteiger partial charge < -0.3 is 14.6 Å². The lowest BCUT2D eigenvalue weighted by molar-refractivity contribution is -0.161. The third-order valence-corrected chi connectivity index (χ3v) is 8.31. The Morgan fingerprint density at radius 3 is 1.26 bits per heavy atom. The van der Waals surface area contributed by atoms with Gasteiger partial charge in [0.2, 0.25) is 0 Å². The third-order valence-electron chi connectivity index (χ3n) is 8.31. The van der Waals surface area contributed by atoms with Gasteiger partial charge in [0, 0.05) is 12.8 Å². The first-order chi connectivity index (χ1) is 21.1. The second-order valence-corrected chi connectivity index (χ2v) is 12.7. The highest BCUT2D eigenvalue weighted by molar-refractivity contribution is 5.70. The Morgan fingerprint density at radius 2 is 0.860 bits per heavy atom. The molecule has 0 aliphatic heterocycles. The summed E-state index contributed by atoms with van der Waals surface area (Å²) >= 11 is 0. The Bertz CT molecular complexity index is 617. The van der Waals surface area contributed by atoms with Gasteiger partial charge in [-0.2, -0.15) is 0 Å². The van der Waals surface area contributed by atoms with Crippen LogP contribution in [0.3, 0.4) is 0 Å². The van der Waals surface area contributed by atoms with Gasteiger partial charge in [-0.1, -0.05) is 161 Å². The van der Waals surface area contributed by atoms with Gasteiger partial charge in [0.15, 0.2) is 6.10 Å². The fourth-order valence-corrected chi connectivity index (χ4v) is 5.43. The first kappa shape index (κ1) is 41.6. The summed E-state index contributed by atoms with van der Waals surface area (Å²) in [6, 6.07) is 0. The summed E-state index contributed by atoms with van der Waals surface area (Å²) in [6.45, 7) is 4.13. The maximum Gasteiger partial charge on any atom is 0.306 e. The molecule has 0 bridgehead atoms. The summed E-state index contributed by atoms with van der Waals surface area (Å²) < 4.78 is 10.6. The number of esters is 2. The monoisotopic (exact) mass is 609 g/mol. The maximum atomic E-state index is 12.1. The SMILES string of the molecule is CCCCCCCC/C=C/CCCCCCCCCC(=O)O[C@@H](CO)COC(=O)CCCCCCCCCCCCCC. The molecule has 43 heavy (non-hydrogen) atoms. The number of aliphatic hydroxyl groups is 1. The molecule has 0 spiro atoms. The van der Waals surface area contributed by atoms with Crippen LogP contribution >= 0.6 is 0 Å². The van der Waals surface area contributed by atoms with Crippen molar-refractivity contribution in [3.05, 3.63) is 12.2 Å². The molecule has 1 atom stereocenters. The summed E-state index contributed by atoms with van der Waals surface area (Å²) in [6.07, 6.45) is 38.4. The smallest absolute Gasteiger partial charge is 0.306 e. The lowest BCUT2D eigenvalue weighted by atomic mass is 10.0. The number of hydrogen-bond acceptors (Lipinski definition) is 5. The van der Waals surface area contributed by atoms with Gasteiger partial charge in [0.25, 0.3) is 0 Å². The summed E-state index contributed by atoms with van der Waals surface area (Å²) in [4.78, 5) is 24.2. The van der Waals surface area contributed by atoms with E-state index in [2.05, 4.69) is 26.0 Å². The van der Waals surface area contributed by atoms with E-state index >= 15 is 0 Å². The predicted molar refractivity (Wildman–Crippen MR) is 182 cm³/mol. The minimum atomic E-state index is -0.765. The van der Waals surface area contributed by atoms with Crippen molar-refractivity contribution in [2.45, 2.75) is 206 Å². The van der Waals surface area contributed by atoms with E-state index < -0.39 is 6.10 Å². The van der Waals surface area contributed by atoms with E-state index in [9.17, 15) is 14.7 Å². The van der Waals surface area contributed by atoms with Gasteiger partial charge in [-0.05, 0) is 38.5 Å². The number of rotatable bonds is 34. The number of hydrogen-bond donors (Lipinski definition) is 1. The standard InChI is InChI=1S/C38H72O5/c1-3-5-7-9-11-13-15-17-18-19-20-21-23-25-27-29-31-33-38(41)43-36(34-39)35-42-37(40)32-30-28-26-24-22-16-14-12-10-8-6-4-2/h17-18,36,39H,3-16,19-35H2,1-2H3/b18-17+/t36-/m0/s1. The molecular weight excluding hydrogens is 536 g/mol. The highest BCUT2D eigenvalue weighted by Gasteiger charge is 2.16. The number of carbonyl (C=O) groups is 2. The lowest BCUT2D eigenvalue weighted by Crippen LogP contribution is -2.28. The van der Waals surface area contributed by atoms with Gasteiger partial charge in [-0.25, -0.2) is 0 Å². The Labute approximate surface area is 267 Å². The molecule has 0 saturated carbocycles. The van der Waals surface area contributed by atoms with E-state index in [-0.39, 0.29) is 25.2 Å². The van der Waals surface area contributed by atoms with Crippen LogP contribution in [0.25, 0.3) is 0 Å². The molecule has 0 aromatic carbocycles. The fraction of sp³-hybridized carbons (Fsp3) is 0.895. The van der Waals surface area contributed by atoms with Crippen LogP contribution in [0.5, 0.6) is 0 Å². The molecule has 0 saturated heterocycles. The molecular formula is C38H72O5. The van der Waals surface area contributed by atoms with Crippen molar-refractivity contribution in [3.8, 4) is 0 Å². The summed E-state index contributed by atoms with van der Waals surface area (Å²) in [5.41, 5.74) is 0. The average Bonchev–Trinajstić information content (AvgIpc) is 3.01. The van der Waals surface area contributed by atoms with E-state index in [0.717, 1.165) is 38.5 Å². The van der Waals surface area contributed by atoms with Crippen LogP contribution in [0.4, 0.5) is 0 Å². The van der Waals surface area contributed by atoms with Crippen LogP contribution < -0.4 is 0 Å². The van der Waals surface area contributed by atoms with Gasteiger partial charge in [-0.15, -0.1) is 0 Å². The maximum absolute atomic E-state index is 12.1. The zero-order valence-electron chi connectivity index (χ0n) is 28.7. The van der Waals surface area contributed by atoms with Gasteiger partial charge >= 0.3 is 11.9 Å². The van der Waals surface area contributed by atoms with Crippen LogP contribution in [0.1, 0.15) is 200 Å². The molecule has 0 aliphatic carbocycles. The normalized spacial score (nSPS) is 12.2. The van der Waals surface area contributed by atoms with Crippen LogP contribution in [-0.2, 0) is 19.1 Å². The number of allylic oxidation sites excluding steroid dienone is 2. The fourth-order valence-electron chi connectivity index (χ4n) is 5.43. The molecule has 0 heterocycles. The van der Waals surface area contributed by atoms with E-state index in [0.29, 0.717) is 12.8 Å². The van der Waals surface area contributed by atoms with E-state index in [1.54, 1.807) is 0 Å². The molecule has 1 N–H and O–H groups in total. The van der Waals surface area contributed by atoms with Gasteiger partial charge in [0.05, 0.1) is 6.61 Å². The molecule has 0 amide bonds. The molecule has 5 nitrogen and oxygen atoms in total. The molecule has 0 fully saturated rings. The van der Waals surface area contributed by atoms with Crippen molar-refractivity contribution in [1.29, 1.82) is 0 Å². The van der Waals surface area contributed by atoms with Crippen molar-refractivity contribution in [3.63, 3.8) is 0 Å². The molecule has 5 heteroatoms. The third kappa shape index (κ3) is 33.4. The van der Waals surface area contributed by atoms with Crippen molar-refractivity contribution in [1.82, 2.24) is 0 Å². The number of ether oxygens (including phenoxy) is 2. The van der Waals surface area contributed by atoms with Crippen molar-refractivity contribution in [2.24, 2.45) is 0 Å². The minimum absolute atomic E-state index is 0.0619. The Kier molecular flexibility index (Phi) is 34.0. The second-order valence-electron chi connectivity index (χ2n) is 12.7. The molecule has 254 valence electrons. The lowest BCUT2D eigenvalue weighted by Gasteiger charge is -2.15. The highest BCUT2D eigenvalue weighted by atomic mass is 16.6. The first-order valence-corrected chi connectivity index (χ1v) is 18.7. The average molecular weight is 609 g/mol. The van der Waals surface area contributed by atoms with Crippen LogP contribution in [0.2, 0.25) is 0 Å². The Morgan fingerprint density at radius 1 is 0.512 bits per heavy atom. The van der Waals surface area contributed by atoms with Crippen LogP contribution in [-0.4, -0.2) is 36.4 Å². The van der Waals surface area contributed by atoms with Crippen molar-refractivity contribution >= 4 is 11.9 Å². The quantitative estimate of drug-likeness (QED) is 0.0447. The van der Waals surface area contributed by atoms with Crippen molar-refractivity contribution in [2.75, 3.05) is 13.2 Å². The topological polar surface area (TPSA) is 72.8 Å². The molecule has 0 radical (unpaired) electrons. The number of aliphatic hydroxyl groups excluding tert-OH is 1. The summed E-state index contributed by atoms with van der Waals surface area (Å²) in [5.74, 6) is -0.588. The molecule has 0 aliphatic rings. The Hall–Kier alpha value is -1.36. The van der Waals surface area contributed by atoms with E-state index in [1.807, 2.05) is 0 Å². The minimum Gasteiger partial charge on any atom is -0.462 e.